The summed E-state index contributed by atoms with van der Waals surface area (Å²) >= 11 is 0. The monoisotopic (exact) mass is 263 g/mol. The first-order chi connectivity index (χ1) is 9.16. The van der Waals surface area contributed by atoms with Gasteiger partial charge in [0.25, 0.3) is 0 Å². The number of benzene rings is 1. The highest BCUT2D eigenvalue weighted by Gasteiger charge is 2.28. The van der Waals surface area contributed by atoms with Crippen LogP contribution in [0.25, 0.3) is 0 Å². The molecule has 0 saturated heterocycles. The van der Waals surface area contributed by atoms with Gasteiger partial charge in [0.15, 0.2) is 11.5 Å². The Hall–Kier alpha value is -1.26. The van der Waals surface area contributed by atoms with Crippen molar-refractivity contribution in [3.05, 3.63) is 23.8 Å². The van der Waals surface area contributed by atoms with Crippen LogP contribution in [0.5, 0.6) is 11.5 Å². The highest BCUT2D eigenvalue weighted by molar-refractivity contribution is 5.45. The number of ether oxygens (including phenoxy) is 2. The summed E-state index contributed by atoms with van der Waals surface area (Å²) in [4.78, 5) is 0. The third-order valence-corrected chi connectivity index (χ3v) is 4.21. The lowest BCUT2D eigenvalue weighted by Crippen LogP contribution is -2.41. The molecule has 4 heteroatoms. The quantitative estimate of drug-likeness (QED) is 0.875. The normalized spacial score (nSPS) is 21.6. The smallest absolute Gasteiger partial charge is 0.231 e. The Bertz CT molecular complexity index is 455. The summed E-state index contributed by atoms with van der Waals surface area (Å²) in [6.45, 7) is 3.09. The lowest BCUT2D eigenvalue weighted by Gasteiger charge is -2.27. The van der Waals surface area contributed by atoms with Gasteiger partial charge in [-0.05, 0) is 37.5 Å². The Balaban J connectivity index is 1.62. The topological polar surface area (TPSA) is 50.7 Å². The van der Waals surface area contributed by atoms with Crippen molar-refractivity contribution >= 4 is 0 Å². The van der Waals surface area contributed by atoms with E-state index in [0.717, 1.165) is 17.1 Å². The highest BCUT2D eigenvalue weighted by atomic mass is 16.7. The maximum absolute atomic E-state index is 10.3. The second kappa shape index (κ2) is 5.02. The second-order valence-electron chi connectivity index (χ2n) is 5.78. The Morgan fingerprint density at radius 3 is 2.79 bits per heavy atom. The number of aliphatic hydroxyl groups is 1. The standard InChI is InChI=1S/C15H21NO3/c1-15(6-2-3-7-15)16-9-12(17)11-4-5-13-14(8-11)19-10-18-13/h4-5,8,12,16-17H,2-3,6-7,9-10H2,1H3. The molecule has 1 aromatic rings. The van der Waals surface area contributed by atoms with E-state index in [0.29, 0.717) is 6.54 Å². The molecule has 1 aliphatic carbocycles. The molecule has 0 spiro atoms. The molecule has 1 atom stereocenters. The Labute approximate surface area is 113 Å². The lowest BCUT2D eigenvalue weighted by atomic mass is 9.99. The molecule has 0 radical (unpaired) electrons. The molecule has 1 aromatic carbocycles. The van der Waals surface area contributed by atoms with Crippen molar-refractivity contribution in [3.63, 3.8) is 0 Å². The predicted octanol–water partition coefficient (Wildman–Crippen LogP) is 2.37. The summed E-state index contributed by atoms with van der Waals surface area (Å²) in [5.41, 5.74) is 1.07. The summed E-state index contributed by atoms with van der Waals surface area (Å²) in [5, 5.41) is 13.8. The zero-order valence-corrected chi connectivity index (χ0v) is 11.3. The maximum Gasteiger partial charge on any atom is 0.231 e. The van der Waals surface area contributed by atoms with Gasteiger partial charge in [-0.1, -0.05) is 18.9 Å². The SMILES string of the molecule is CC1(NCC(O)c2ccc3c(c2)OCO3)CCCC1. The van der Waals surface area contributed by atoms with Gasteiger partial charge < -0.3 is 19.9 Å². The van der Waals surface area contributed by atoms with E-state index in [9.17, 15) is 5.11 Å². The van der Waals surface area contributed by atoms with Crippen LogP contribution in [0.2, 0.25) is 0 Å². The zero-order chi connectivity index (χ0) is 13.3. The fourth-order valence-corrected chi connectivity index (χ4v) is 2.91. The van der Waals surface area contributed by atoms with E-state index in [2.05, 4.69) is 12.2 Å². The van der Waals surface area contributed by atoms with Crippen LogP contribution in [0.15, 0.2) is 18.2 Å². The minimum absolute atomic E-state index is 0.192. The maximum atomic E-state index is 10.3. The molecule has 19 heavy (non-hydrogen) atoms. The molecular formula is C15H21NO3. The van der Waals surface area contributed by atoms with Gasteiger partial charge in [0.2, 0.25) is 6.79 Å². The first-order valence-electron chi connectivity index (χ1n) is 6.99. The molecule has 104 valence electrons. The van der Waals surface area contributed by atoms with Crippen LogP contribution in [0.4, 0.5) is 0 Å². The minimum Gasteiger partial charge on any atom is -0.454 e. The average Bonchev–Trinajstić information content (AvgIpc) is 3.04. The van der Waals surface area contributed by atoms with Crippen LogP contribution < -0.4 is 14.8 Å². The average molecular weight is 263 g/mol. The van der Waals surface area contributed by atoms with Crippen molar-refractivity contribution in [2.75, 3.05) is 13.3 Å². The van der Waals surface area contributed by atoms with E-state index in [4.69, 9.17) is 9.47 Å². The fourth-order valence-electron chi connectivity index (χ4n) is 2.91. The number of hydrogen-bond acceptors (Lipinski definition) is 4. The van der Waals surface area contributed by atoms with Crippen LogP contribution >= 0.6 is 0 Å². The van der Waals surface area contributed by atoms with E-state index in [1.165, 1.54) is 25.7 Å². The van der Waals surface area contributed by atoms with Gasteiger partial charge in [-0.15, -0.1) is 0 Å². The van der Waals surface area contributed by atoms with Crippen molar-refractivity contribution in [2.45, 2.75) is 44.2 Å². The van der Waals surface area contributed by atoms with Gasteiger partial charge in [0, 0.05) is 12.1 Å². The number of nitrogens with one attached hydrogen (secondary N) is 1. The predicted molar refractivity (Wildman–Crippen MR) is 72.4 cm³/mol. The number of rotatable bonds is 4. The molecular weight excluding hydrogens is 242 g/mol. The number of fused-ring (bicyclic) bond motifs is 1. The first kappa shape index (κ1) is 12.8. The number of hydrogen-bond donors (Lipinski definition) is 2. The molecule has 2 aliphatic rings. The van der Waals surface area contributed by atoms with Crippen molar-refractivity contribution in [3.8, 4) is 11.5 Å². The van der Waals surface area contributed by atoms with Gasteiger partial charge in [-0.3, -0.25) is 0 Å². The van der Waals surface area contributed by atoms with Gasteiger partial charge in [-0.25, -0.2) is 0 Å². The molecule has 1 aliphatic heterocycles. The third-order valence-electron chi connectivity index (χ3n) is 4.21. The van der Waals surface area contributed by atoms with E-state index >= 15 is 0 Å². The van der Waals surface area contributed by atoms with Gasteiger partial charge in [-0.2, -0.15) is 0 Å². The van der Waals surface area contributed by atoms with Crippen LogP contribution in [0.1, 0.15) is 44.3 Å². The van der Waals surface area contributed by atoms with Crippen molar-refractivity contribution in [2.24, 2.45) is 0 Å². The molecule has 3 rings (SSSR count). The molecule has 0 amide bonds. The summed E-state index contributed by atoms with van der Waals surface area (Å²) < 4.78 is 10.6. The molecule has 0 bridgehead atoms. The minimum atomic E-state index is -0.507. The molecule has 1 saturated carbocycles. The van der Waals surface area contributed by atoms with E-state index in [1.807, 2.05) is 18.2 Å². The third kappa shape index (κ3) is 2.69. The van der Waals surface area contributed by atoms with Gasteiger partial charge >= 0.3 is 0 Å². The van der Waals surface area contributed by atoms with E-state index in [1.54, 1.807) is 0 Å². The van der Waals surface area contributed by atoms with E-state index in [-0.39, 0.29) is 12.3 Å². The molecule has 0 aromatic heterocycles. The van der Waals surface area contributed by atoms with Crippen LogP contribution in [0, 0.1) is 0 Å². The largest absolute Gasteiger partial charge is 0.454 e. The Morgan fingerprint density at radius 1 is 1.26 bits per heavy atom. The van der Waals surface area contributed by atoms with Crippen LogP contribution in [-0.2, 0) is 0 Å². The Kier molecular flexibility index (Phi) is 3.37. The summed E-state index contributed by atoms with van der Waals surface area (Å²) in [5.74, 6) is 1.48. The summed E-state index contributed by atoms with van der Waals surface area (Å²) in [6, 6.07) is 5.63. The Morgan fingerprint density at radius 2 is 2.00 bits per heavy atom. The number of β-amino-alcohol motifs (C(OH)–C–C–N with tert-alkyl or cyclic N) is 1. The summed E-state index contributed by atoms with van der Waals surface area (Å²) in [6.07, 6.45) is 4.45. The second-order valence-corrected chi connectivity index (χ2v) is 5.78. The molecule has 1 unspecified atom stereocenters. The fraction of sp³-hybridized carbons (Fsp3) is 0.600. The molecule has 4 nitrogen and oxygen atoms in total. The molecule has 1 heterocycles. The summed E-state index contributed by atoms with van der Waals surface area (Å²) in [7, 11) is 0. The highest BCUT2D eigenvalue weighted by Crippen LogP contribution is 2.34. The van der Waals surface area contributed by atoms with Crippen molar-refractivity contribution in [1.82, 2.24) is 5.32 Å². The molecule has 1 fully saturated rings. The number of aliphatic hydroxyl groups excluding tert-OH is 1. The zero-order valence-electron chi connectivity index (χ0n) is 11.3. The van der Waals surface area contributed by atoms with Crippen LogP contribution in [0.3, 0.4) is 0 Å². The van der Waals surface area contributed by atoms with E-state index < -0.39 is 6.10 Å². The van der Waals surface area contributed by atoms with Crippen LogP contribution in [-0.4, -0.2) is 24.0 Å². The van der Waals surface area contributed by atoms with Gasteiger partial charge in [0.1, 0.15) is 0 Å². The van der Waals surface area contributed by atoms with Crippen molar-refractivity contribution in [1.29, 1.82) is 0 Å². The first-order valence-corrected chi connectivity index (χ1v) is 6.99. The molecule has 2 N–H and O–H groups in total. The van der Waals surface area contributed by atoms with Gasteiger partial charge in [0.05, 0.1) is 6.10 Å². The lowest BCUT2D eigenvalue weighted by molar-refractivity contribution is 0.158. The van der Waals surface area contributed by atoms with Crippen molar-refractivity contribution < 1.29 is 14.6 Å².